The second kappa shape index (κ2) is 10.3. The highest BCUT2D eigenvalue weighted by Crippen LogP contribution is 2.29. The second-order valence-corrected chi connectivity index (χ2v) is 7.39. The minimum absolute atomic E-state index is 0.306. The van der Waals surface area contributed by atoms with E-state index in [1.165, 1.54) is 0 Å². The third kappa shape index (κ3) is 5.15. The first-order valence-electron chi connectivity index (χ1n) is 10.3. The van der Waals surface area contributed by atoms with Crippen LogP contribution in [0.15, 0.2) is 109 Å². The lowest BCUT2D eigenvalue weighted by Crippen LogP contribution is -2.42. The van der Waals surface area contributed by atoms with Gasteiger partial charge in [0.1, 0.15) is 0 Å². The zero-order chi connectivity index (χ0) is 21.5. The van der Waals surface area contributed by atoms with Crippen LogP contribution in [0, 0.1) is 0 Å². The standard InChI is InChI=1S/C26H23B2O3/c29-27-26(25-17-8-7-16-24(25)21-11-3-1-4-12-21)31-19-20-10-9-15-23(18-20)28(30)22-13-5-2-6-14-22/h1-18,26,29-30H,19H2. The summed E-state index contributed by atoms with van der Waals surface area (Å²) in [6, 6.07) is 34.7. The summed E-state index contributed by atoms with van der Waals surface area (Å²) < 4.78 is 6.08. The smallest absolute Gasteiger partial charge is 0.358 e. The van der Waals surface area contributed by atoms with E-state index in [1.54, 1.807) is 0 Å². The molecule has 2 N–H and O–H groups in total. The van der Waals surface area contributed by atoms with Gasteiger partial charge in [0.25, 0.3) is 0 Å². The van der Waals surface area contributed by atoms with Crippen molar-refractivity contribution < 1.29 is 14.8 Å². The zero-order valence-electron chi connectivity index (χ0n) is 17.1. The van der Waals surface area contributed by atoms with Crippen molar-refractivity contribution in [3.63, 3.8) is 0 Å². The third-order valence-electron chi connectivity index (χ3n) is 5.30. The average molecular weight is 405 g/mol. The van der Waals surface area contributed by atoms with Crippen molar-refractivity contribution in [2.24, 2.45) is 0 Å². The normalized spacial score (nSPS) is 11.7. The highest BCUT2D eigenvalue weighted by atomic mass is 16.5. The number of hydrogen-bond donors (Lipinski definition) is 2. The van der Waals surface area contributed by atoms with Gasteiger partial charge in [-0.3, -0.25) is 0 Å². The molecule has 0 saturated carbocycles. The molecule has 0 spiro atoms. The van der Waals surface area contributed by atoms with Crippen LogP contribution in [0.1, 0.15) is 17.1 Å². The van der Waals surface area contributed by atoms with Crippen LogP contribution in [-0.2, 0) is 11.3 Å². The van der Waals surface area contributed by atoms with Gasteiger partial charge in [0.15, 0.2) is 0 Å². The minimum atomic E-state index is -0.694. The molecule has 151 valence electrons. The molecule has 4 aromatic carbocycles. The van der Waals surface area contributed by atoms with Crippen molar-refractivity contribution in [3.8, 4) is 11.1 Å². The number of benzene rings is 4. The molecule has 0 aromatic heterocycles. The Morgan fingerprint density at radius 1 is 0.742 bits per heavy atom. The highest BCUT2D eigenvalue weighted by Gasteiger charge is 2.19. The summed E-state index contributed by atoms with van der Waals surface area (Å²) in [4.78, 5) is 0. The van der Waals surface area contributed by atoms with Crippen molar-refractivity contribution in [3.05, 3.63) is 120 Å². The lowest BCUT2D eigenvalue weighted by molar-refractivity contribution is 0.0849. The van der Waals surface area contributed by atoms with Gasteiger partial charge in [0.05, 0.1) is 12.6 Å². The SMILES string of the molecule is O[B]C(OCc1cccc(B(O)c2ccccc2)c1)c1ccccc1-c1ccccc1. The third-order valence-corrected chi connectivity index (χ3v) is 5.30. The Morgan fingerprint density at radius 3 is 2.13 bits per heavy atom. The molecule has 5 heteroatoms. The zero-order valence-corrected chi connectivity index (χ0v) is 17.1. The quantitative estimate of drug-likeness (QED) is 0.443. The molecule has 0 aliphatic rings. The molecule has 0 bridgehead atoms. The maximum absolute atomic E-state index is 10.7. The fourth-order valence-corrected chi connectivity index (χ4v) is 3.71. The van der Waals surface area contributed by atoms with Gasteiger partial charge < -0.3 is 14.8 Å². The van der Waals surface area contributed by atoms with E-state index in [-0.39, 0.29) is 0 Å². The number of ether oxygens (including phenoxy) is 1. The predicted molar refractivity (Wildman–Crippen MR) is 128 cm³/mol. The molecule has 4 aromatic rings. The Hall–Kier alpha value is -3.11. The van der Waals surface area contributed by atoms with Crippen LogP contribution in [-0.4, -0.2) is 24.4 Å². The molecule has 1 radical (unpaired) electrons. The van der Waals surface area contributed by atoms with E-state index >= 15 is 0 Å². The van der Waals surface area contributed by atoms with Gasteiger partial charge >= 0.3 is 14.4 Å². The molecule has 4 rings (SSSR count). The topological polar surface area (TPSA) is 49.7 Å². The lowest BCUT2D eigenvalue weighted by atomic mass is 9.56. The number of hydrogen-bond acceptors (Lipinski definition) is 3. The molecular formula is C26H23B2O3. The number of rotatable bonds is 8. The maximum Gasteiger partial charge on any atom is 0.358 e. The molecule has 1 unspecified atom stereocenters. The van der Waals surface area contributed by atoms with E-state index in [0.717, 1.165) is 40.7 Å². The summed E-state index contributed by atoms with van der Waals surface area (Å²) in [6.07, 6.45) is 0. The van der Waals surface area contributed by atoms with E-state index < -0.39 is 12.9 Å². The Balaban J connectivity index is 1.52. The average Bonchev–Trinajstić information content (AvgIpc) is 2.85. The van der Waals surface area contributed by atoms with Crippen LogP contribution in [0.4, 0.5) is 0 Å². The van der Waals surface area contributed by atoms with Crippen molar-refractivity contribution >= 4 is 25.3 Å². The van der Waals surface area contributed by atoms with Crippen LogP contribution in [0.3, 0.4) is 0 Å². The molecule has 31 heavy (non-hydrogen) atoms. The first kappa shape index (κ1) is 21.1. The van der Waals surface area contributed by atoms with Gasteiger partial charge in [-0.1, -0.05) is 109 Å². The molecule has 0 saturated heterocycles. The van der Waals surface area contributed by atoms with Crippen LogP contribution >= 0.6 is 0 Å². The van der Waals surface area contributed by atoms with Gasteiger partial charge in [-0.05, 0) is 33.2 Å². The van der Waals surface area contributed by atoms with Crippen LogP contribution in [0.25, 0.3) is 11.1 Å². The summed E-state index contributed by atoms with van der Waals surface area (Å²) in [5.41, 5.74) is 5.57. The summed E-state index contributed by atoms with van der Waals surface area (Å²) in [5.74, 6) is 0. The molecule has 0 aliphatic carbocycles. The molecular weight excluding hydrogens is 382 g/mol. The lowest BCUT2D eigenvalue weighted by Gasteiger charge is -2.19. The predicted octanol–water partition coefficient (Wildman–Crippen LogP) is 3.28. The fraction of sp³-hybridized carbons (Fsp3) is 0.0769. The largest absolute Gasteiger partial charge is 0.452 e. The Bertz CT molecular complexity index is 1100. The molecule has 0 aliphatic heterocycles. The Morgan fingerprint density at radius 2 is 1.39 bits per heavy atom. The molecule has 0 fully saturated rings. The molecule has 1 atom stereocenters. The van der Waals surface area contributed by atoms with Gasteiger partial charge in [0, 0.05) is 0 Å². The van der Waals surface area contributed by atoms with Crippen molar-refractivity contribution in [1.29, 1.82) is 0 Å². The molecule has 0 amide bonds. The Kier molecular flexibility index (Phi) is 7.00. The first-order chi connectivity index (χ1) is 15.3. The van der Waals surface area contributed by atoms with Crippen LogP contribution in [0.5, 0.6) is 0 Å². The van der Waals surface area contributed by atoms with E-state index in [0.29, 0.717) is 6.61 Å². The van der Waals surface area contributed by atoms with Crippen molar-refractivity contribution in [2.45, 2.75) is 12.6 Å². The van der Waals surface area contributed by atoms with Gasteiger partial charge in [0.2, 0.25) is 0 Å². The van der Waals surface area contributed by atoms with E-state index in [2.05, 4.69) is 0 Å². The van der Waals surface area contributed by atoms with Crippen molar-refractivity contribution in [2.75, 3.05) is 0 Å². The first-order valence-corrected chi connectivity index (χ1v) is 10.3. The molecule has 3 nitrogen and oxygen atoms in total. The van der Waals surface area contributed by atoms with Gasteiger partial charge in [-0.25, -0.2) is 0 Å². The van der Waals surface area contributed by atoms with E-state index in [4.69, 9.17) is 4.74 Å². The minimum Gasteiger partial charge on any atom is -0.452 e. The maximum atomic E-state index is 10.7. The van der Waals surface area contributed by atoms with Gasteiger partial charge in [-0.2, -0.15) is 0 Å². The monoisotopic (exact) mass is 405 g/mol. The molecule has 0 heterocycles. The van der Waals surface area contributed by atoms with Crippen LogP contribution in [0.2, 0.25) is 0 Å². The van der Waals surface area contributed by atoms with Crippen molar-refractivity contribution in [1.82, 2.24) is 0 Å². The summed E-state index contributed by atoms with van der Waals surface area (Å²) in [5, 5.41) is 20.6. The fourth-order valence-electron chi connectivity index (χ4n) is 3.71. The van der Waals surface area contributed by atoms with Crippen LogP contribution < -0.4 is 10.9 Å². The second-order valence-electron chi connectivity index (χ2n) is 7.39. The van der Waals surface area contributed by atoms with E-state index in [1.807, 2.05) is 109 Å². The van der Waals surface area contributed by atoms with Gasteiger partial charge in [-0.15, -0.1) is 0 Å². The van der Waals surface area contributed by atoms with E-state index in [9.17, 15) is 10.0 Å². The summed E-state index contributed by atoms with van der Waals surface area (Å²) in [7, 11) is 1.09. The summed E-state index contributed by atoms with van der Waals surface area (Å²) in [6.45, 7) is -0.389. The summed E-state index contributed by atoms with van der Waals surface area (Å²) >= 11 is 0. The Labute approximate surface area is 184 Å². The highest BCUT2D eigenvalue weighted by molar-refractivity contribution is 6.78.